The summed E-state index contributed by atoms with van der Waals surface area (Å²) in [6.07, 6.45) is -3.59. The van der Waals surface area contributed by atoms with Gasteiger partial charge in [0.05, 0.1) is 6.04 Å². The SMILES string of the molecule is CC(C)[C@@H](NC(=O)C1CCN(c2ccc3nnc(C(F)(F)F)n3n2)CC1)c1ccc(F)cc1. The summed E-state index contributed by atoms with van der Waals surface area (Å²) in [4.78, 5) is 14.8. The van der Waals surface area contributed by atoms with Gasteiger partial charge in [-0.1, -0.05) is 26.0 Å². The number of benzene rings is 1. The molecule has 1 aliphatic rings. The largest absolute Gasteiger partial charge is 0.453 e. The van der Waals surface area contributed by atoms with Crippen LogP contribution in [0, 0.1) is 17.7 Å². The van der Waals surface area contributed by atoms with Gasteiger partial charge in [-0.05, 0) is 48.6 Å². The standard InChI is InChI=1S/C22H24F4N6O/c1-13(2)19(14-3-5-16(23)6-4-14)27-20(33)15-9-11-31(12-10-15)18-8-7-17-28-29-21(22(24,25)26)32(17)30-18/h3-8,13,15,19H,9-12H2,1-2H3,(H,27,33)/t19-/m1/s1. The molecule has 1 atom stereocenters. The van der Waals surface area contributed by atoms with Gasteiger partial charge in [-0.15, -0.1) is 15.3 Å². The molecule has 3 heterocycles. The topological polar surface area (TPSA) is 75.4 Å². The number of anilines is 1. The van der Waals surface area contributed by atoms with Gasteiger partial charge in [0.1, 0.15) is 11.6 Å². The molecule has 0 spiro atoms. The smallest absolute Gasteiger partial charge is 0.355 e. The van der Waals surface area contributed by atoms with Gasteiger partial charge in [0.25, 0.3) is 5.82 Å². The van der Waals surface area contributed by atoms with Crippen LogP contribution in [0.25, 0.3) is 5.65 Å². The summed E-state index contributed by atoms with van der Waals surface area (Å²) < 4.78 is 53.4. The average Bonchev–Trinajstić information content (AvgIpc) is 3.22. The van der Waals surface area contributed by atoms with E-state index in [0.717, 1.165) is 5.56 Å². The number of nitrogens with zero attached hydrogens (tertiary/aromatic N) is 5. The first-order valence-electron chi connectivity index (χ1n) is 10.7. The number of piperidine rings is 1. The van der Waals surface area contributed by atoms with Crippen molar-refractivity contribution in [3.05, 3.63) is 53.6 Å². The first kappa shape index (κ1) is 22.9. The summed E-state index contributed by atoms with van der Waals surface area (Å²) in [5.41, 5.74) is 0.852. The number of hydrogen-bond acceptors (Lipinski definition) is 5. The summed E-state index contributed by atoms with van der Waals surface area (Å²) in [6, 6.07) is 8.90. The summed E-state index contributed by atoms with van der Waals surface area (Å²) >= 11 is 0. The van der Waals surface area contributed by atoms with Crippen molar-refractivity contribution in [2.75, 3.05) is 18.0 Å². The zero-order valence-corrected chi connectivity index (χ0v) is 18.2. The van der Waals surface area contributed by atoms with Crippen molar-refractivity contribution in [1.82, 2.24) is 25.1 Å². The zero-order chi connectivity index (χ0) is 23.8. The van der Waals surface area contributed by atoms with Gasteiger partial charge < -0.3 is 10.2 Å². The van der Waals surface area contributed by atoms with E-state index in [1.165, 1.54) is 18.2 Å². The molecule has 3 aromatic rings. The van der Waals surface area contributed by atoms with Crippen LogP contribution >= 0.6 is 0 Å². The van der Waals surface area contributed by atoms with Gasteiger partial charge >= 0.3 is 6.18 Å². The van der Waals surface area contributed by atoms with Gasteiger partial charge in [0.15, 0.2) is 5.65 Å². The molecule has 4 rings (SSSR count). The van der Waals surface area contributed by atoms with E-state index in [4.69, 9.17) is 0 Å². The lowest BCUT2D eigenvalue weighted by Crippen LogP contribution is -2.42. The quantitative estimate of drug-likeness (QED) is 0.578. The summed E-state index contributed by atoms with van der Waals surface area (Å²) in [7, 11) is 0. The van der Waals surface area contributed by atoms with Crippen molar-refractivity contribution >= 4 is 17.4 Å². The molecule has 1 amide bonds. The number of rotatable bonds is 5. The minimum atomic E-state index is -4.66. The number of hydrogen-bond donors (Lipinski definition) is 1. The minimum absolute atomic E-state index is 0.0147. The molecular weight excluding hydrogens is 440 g/mol. The fourth-order valence-corrected chi connectivity index (χ4v) is 4.07. The second-order valence-corrected chi connectivity index (χ2v) is 8.53. The average molecular weight is 464 g/mol. The van der Waals surface area contributed by atoms with E-state index in [1.807, 2.05) is 18.7 Å². The lowest BCUT2D eigenvalue weighted by molar-refractivity contribution is -0.146. The predicted octanol–water partition coefficient (Wildman–Crippen LogP) is 4.01. The van der Waals surface area contributed by atoms with Gasteiger partial charge in [-0.2, -0.15) is 17.7 Å². The highest BCUT2D eigenvalue weighted by atomic mass is 19.4. The first-order chi connectivity index (χ1) is 15.6. The number of nitrogens with one attached hydrogen (secondary N) is 1. The van der Waals surface area contributed by atoms with E-state index in [9.17, 15) is 22.4 Å². The number of aromatic nitrogens is 4. The van der Waals surface area contributed by atoms with E-state index in [-0.39, 0.29) is 35.2 Å². The molecule has 0 unspecified atom stereocenters. The van der Waals surface area contributed by atoms with Crippen LogP contribution in [-0.2, 0) is 11.0 Å². The molecule has 1 saturated heterocycles. The van der Waals surface area contributed by atoms with Crippen molar-refractivity contribution < 1.29 is 22.4 Å². The molecule has 1 aromatic carbocycles. The zero-order valence-electron chi connectivity index (χ0n) is 18.2. The molecular formula is C22H24F4N6O. The third kappa shape index (κ3) is 4.91. The second-order valence-electron chi connectivity index (χ2n) is 8.53. The third-order valence-corrected chi connectivity index (χ3v) is 5.89. The lowest BCUT2D eigenvalue weighted by atomic mass is 9.92. The van der Waals surface area contributed by atoms with Crippen LogP contribution in [0.2, 0.25) is 0 Å². The molecule has 0 radical (unpaired) electrons. The Hall–Kier alpha value is -3.24. The monoisotopic (exact) mass is 464 g/mol. The third-order valence-electron chi connectivity index (χ3n) is 5.89. The van der Waals surface area contributed by atoms with Crippen LogP contribution < -0.4 is 10.2 Å². The Balaban J connectivity index is 1.42. The fraction of sp³-hybridized carbons (Fsp3) is 0.455. The molecule has 0 bridgehead atoms. The van der Waals surface area contributed by atoms with Crippen LogP contribution in [0.3, 0.4) is 0 Å². The number of halogens is 4. The molecule has 1 aliphatic heterocycles. The van der Waals surface area contributed by atoms with E-state index >= 15 is 0 Å². The fourth-order valence-electron chi connectivity index (χ4n) is 4.07. The lowest BCUT2D eigenvalue weighted by Gasteiger charge is -2.33. The van der Waals surface area contributed by atoms with E-state index in [1.54, 1.807) is 18.2 Å². The maximum absolute atomic E-state index is 13.3. The van der Waals surface area contributed by atoms with Crippen LogP contribution in [0.15, 0.2) is 36.4 Å². The molecule has 2 aromatic heterocycles. The highest BCUT2D eigenvalue weighted by Crippen LogP contribution is 2.29. The molecule has 7 nitrogen and oxygen atoms in total. The Kier molecular flexibility index (Phi) is 6.22. The van der Waals surface area contributed by atoms with Gasteiger partial charge in [0, 0.05) is 19.0 Å². The Morgan fingerprint density at radius 3 is 2.33 bits per heavy atom. The van der Waals surface area contributed by atoms with Gasteiger partial charge in [-0.25, -0.2) is 4.39 Å². The predicted molar refractivity (Wildman–Crippen MR) is 113 cm³/mol. The maximum Gasteiger partial charge on any atom is 0.453 e. The van der Waals surface area contributed by atoms with Crippen LogP contribution in [0.4, 0.5) is 23.4 Å². The first-order valence-corrected chi connectivity index (χ1v) is 10.7. The number of amides is 1. The normalized spacial score (nSPS) is 16.4. The highest BCUT2D eigenvalue weighted by molar-refractivity contribution is 5.79. The van der Waals surface area contributed by atoms with Crippen molar-refractivity contribution in [2.45, 2.75) is 38.9 Å². The molecule has 1 fully saturated rings. The number of alkyl halides is 3. The number of carbonyl (C=O) groups is 1. The van der Waals surface area contributed by atoms with Crippen molar-refractivity contribution in [3.63, 3.8) is 0 Å². The van der Waals surface area contributed by atoms with E-state index in [2.05, 4.69) is 20.6 Å². The summed E-state index contributed by atoms with van der Waals surface area (Å²) in [5, 5.41) is 13.9. The summed E-state index contributed by atoms with van der Waals surface area (Å²) in [6.45, 7) is 4.92. The van der Waals surface area contributed by atoms with Crippen molar-refractivity contribution in [2.24, 2.45) is 11.8 Å². The van der Waals surface area contributed by atoms with Crippen LogP contribution in [0.5, 0.6) is 0 Å². The molecule has 176 valence electrons. The Labute approximate surface area is 187 Å². The number of fused-ring (bicyclic) bond motifs is 1. The Bertz CT molecular complexity index is 1120. The minimum Gasteiger partial charge on any atom is -0.355 e. The van der Waals surface area contributed by atoms with Gasteiger partial charge in [-0.3, -0.25) is 4.79 Å². The van der Waals surface area contributed by atoms with Crippen LogP contribution in [0.1, 0.15) is 44.1 Å². The van der Waals surface area contributed by atoms with E-state index in [0.29, 0.717) is 36.3 Å². The van der Waals surface area contributed by atoms with Gasteiger partial charge in [0.2, 0.25) is 5.91 Å². The summed E-state index contributed by atoms with van der Waals surface area (Å²) in [5.74, 6) is -1.33. The van der Waals surface area contributed by atoms with Crippen LogP contribution in [-0.4, -0.2) is 38.8 Å². The second kappa shape index (κ2) is 8.95. The highest BCUT2D eigenvalue weighted by Gasteiger charge is 2.38. The number of carbonyl (C=O) groups excluding carboxylic acids is 1. The van der Waals surface area contributed by atoms with Crippen molar-refractivity contribution in [3.8, 4) is 0 Å². The molecule has 1 N–H and O–H groups in total. The molecule has 33 heavy (non-hydrogen) atoms. The maximum atomic E-state index is 13.3. The molecule has 11 heteroatoms. The Morgan fingerprint density at radius 2 is 1.73 bits per heavy atom. The molecule has 0 aliphatic carbocycles. The Morgan fingerprint density at radius 1 is 1.06 bits per heavy atom. The van der Waals surface area contributed by atoms with E-state index < -0.39 is 12.0 Å². The molecule has 0 saturated carbocycles. The van der Waals surface area contributed by atoms with Crippen molar-refractivity contribution in [1.29, 1.82) is 0 Å².